The highest BCUT2D eigenvalue weighted by Crippen LogP contribution is 2.29. The Kier molecular flexibility index (Phi) is 3.28. The first-order valence-corrected chi connectivity index (χ1v) is 7.20. The number of fused-ring (bicyclic) bond motifs is 1. The van der Waals surface area contributed by atoms with Gasteiger partial charge in [-0.25, -0.2) is 9.48 Å². The number of para-hydroxylation sites is 1. The van der Waals surface area contributed by atoms with E-state index in [4.69, 9.17) is 16.3 Å². The van der Waals surface area contributed by atoms with Crippen molar-refractivity contribution in [2.24, 2.45) is 0 Å². The normalized spacial score (nSPS) is 16.1. The minimum atomic E-state index is -0.481. The van der Waals surface area contributed by atoms with Gasteiger partial charge in [-0.15, -0.1) is 5.10 Å². The van der Waals surface area contributed by atoms with Gasteiger partial charge in [0.1, 0.15) is 16.6 Å². The van der Waals surface area contributed by atoms with Crippen LogP contribution >= 0.6 is 11.6 Å². The second-order valence-corrected chi connectivity index (χ2v) is 6.59. The summed E-state index contributed by atoms with van der Waals surface area (Å²) in [6.45, 7) is 6.67. The minimum absolute atomic E-state index is 0.0856. The van der Waals surface area contributed by atoms with Crippen molar-refractivity contribution in [3.05, 3.63) is 23.2 Å². The molecule has 0 saturated carbocycles. The summed E-state index contributed by atoms with van der Waals surface area (Å²) in [6.07, 6.45) is -0.297. The molecule has 0 unspecified atom stereocenters. The Bertz CT molecular complexity index is 686. The van der Waals surface area contributed by atoms with Gasteiger partial charge >= 0.3 is 6.09 Å². The largest absolute Gasteiger partial charge is 0.444 e. The van der Waals surface area contributed by atoms with Crippen LogP contribution in [0.15, 0.2) is 18.2 Å². The van der Waals surface area contributed by atoms with Crippen LogP contribution in [0.1, 0.15) is 26.8 Å². The molecular weight excluding hydrogens is 292 g/mol. The minimum Gasteiger partial charge on any atom is -0.444 e. The van der Waals surface area contributed by atoms with Crippen LogP contribution in [0.4, 0.5) is 4.79 Å². The van der Waals surface area contributed by atoms with Gasteiger partial charge in [-0.1, -0.05) is 22.9 Å². The van der Waals surface area contributed by atoms with E-state index in [9.17, 15) is 4.79 Å². The number of rotatable bonds is 1. The molecule has 1 fully saturated rings. The molecule has 1 aromatic carbocycles. The third kappa shape index (κ3) is 2.68. The highest BCUT2D eigenvalue weighted by atomic mass is 35.5. The number of benzene rings is 1. The smallest absolute Gasteiger partial charge is 0.410 e. The van der Waals surface area contributed by atoms with E-state index < -0.39 is 5.60 Å². The lowest BCUT2D eigenvalue weighted by Crippen LogP contribution is -2.52. The molecule has 3 rings (SSSR count). The quantitative estimate of drug-likeness (QED) is 0.812. The van der Waals surface area contributed by atoms with Crippen LogP contribution in [0.3, 0.4) is 0 Å². The van der Waals surface area contributed by atoms with Crippen molar-refractivity contribution in [1.29, 1.82) is 0 Å². The average Bonchev–Trinajstić information content (AvgIpc) is 2.70. The number of ether oxygens (including phenoxy) is 1. The summed E-state index contributed by atoms with van der Waals surface area (Å²) < 4.78 is 7.12. The van der Waals surface area contributed by atoms with Crippen LogP contribution < -0.4 is 0 Å². The first-order valence-electron chi connectivity index (χ1n) is 6.82. The summed E-state index contributed by atoms with van der Waals surface area (Å²) in [6, 6.07) is 5.61. The highest BCUT2D eigenvalue weighted by molar-refractivity contribution is 6.34. The molecule has 0 atom stereocenters. The lowest BCUT2D eigenvalue weighted by Gasteiger charge is -2.39. The maximum Gasteiger partial charge on any atom is 0.410 e. The molecule has 1 aromatic heterocycles. The van der Waals surface area contributed by atoms with E-state index in [2.05, 4.69) is 10.3 Å². The molecule has 1 amide bonds. The van der Waals surface area contributed by atoms with Gasteiger partial charge in [-0.3, -0.25) is 0 Å². The van der Waals surface area contributed by atoms with Gasteiger partial charge in [0.05, 0.1) is 11.1 Å². The lowest BCUT2D eigenvalue weighted by atomic mass is 10.1. The fourth-order valence-electron chi connectivity index (χ4n) is 2.29. The topological polar surface area (TPSA) is 60.2 Å². The van der Waals surface area contributed by atoms with E-state index in [1.807, 2.05) is 39.0 Å². The van der Waals surface area contributed by atoms with Crippen LogP contribution in [0.5, 0.6) is 0 Å². The molecule has 1 aliphatic rings. The number of nitrogens with zero attached hydrogens (tertiary/aromatic N) is 4. The Hall–Kier alpha value is -1.82. The third-order valence-corrected chi connectivity index (χ3v) is 3.61. The molecule has 1 aliphatic heterocycles. The summed E-state index contributed by atoms with van der Waals surface area (Å²) in [5.41, 5.74) is 1.09. The molecule has 21 heavy (non-hydrogen) atoms. The van der Waals surface area contributed by atoms with Crippen LogP contribution in [0, 0.1) is 0 Å². The van der Waals surface area contributed by atoms with Gasteiger partial charge in [0.25, 0.3) is 0 Å². The number of carbonyl (C=O) groups excluding carboxylic acids is 1. The molecule has 0 N–H and O–H groups in total. The zero-order valence-corrected chi connectivity index (χ0v) is 13.0. The van der Waals surface area contributed by atoms with E-state index in [-0.39, 0.29) is 12.1 Å². The molecule has 0 radical (unpaired) electrons. The van der Waals surface area contributed by atoms with Crippen molar-refractivity contribution in [3.63, 3.8) is 0 Å². The summed E-state index contributed by atoms with van der Waals surface area (Å²) in [4.78, 5) is 13.6. The van der Waals surface area contributed by atoms with Gasteiger partial charge in [-0.05, 0) is 32.9 Å². The fourth-order valence-corrected chi connectivity index (χ4v) is 2.55. The zero-order chi connectivity index (χ0) is 15.2. The van der Waals surface area contributed by atoms with Gasteiger partial charge in [0.15, 0.2) is 0 Å². The van der Waals surface area contributed by atoms with Crippen LogP contribution in [0.25, 0.3) is 11.0 Å². The lowest BCUT2D eigenvalue weighted by molar-refractivity contribution is -0.0000680. The van der Waals surface area contributed by atoms with Crippen molar-refractivity contribution in [3.8, 4) is 0 Å². The van der Waals surface area contributed by atoms with E-state index >= 15 is 0 Å². The van der Waals surface area contributed by atoms with Crippen molar-refractivity contribution in [2.45, 2.75) is 32.4 Å². The Balaban J connectivity index is 1.72. The second-order valence-electron chi connectivity index (χ2n) is 6.18. The third-order valence-electron chi connectivity index (χ3n) is 3.30. The number of aromatic nitrogens is 3. The SMILES string of the molecule is CC(C)(C)OC(=O)N1CC(n2nnc3cccc(Cl)c32)C1. The summed E-state index contributed by atoms with van der Waals surface area (Å²) in [7, 11) is 0. The maximum atomic E-state index is 11.9. The number of hydrogen-bond acceptors (Lipinski definition) is 4. The van der Waals surface area contributed by atoms with Crippen molar-refractivity contribution < 1.29 is 9.53 Å². The Morgan fingerprint density at radius 2 is 2.10 bits per heavy atom. The van der Waals surface area contributed by atoms with E-state index in [0.29, 0.717) is 18.1 Å². The molecule has 6 nitrogen and oxygen atoms in total. The maximum absolute atomic E-state index is 11.9. The molecule has 112 valence electrons. The van der Waals surface area contributed by atoms with E-state index in [0.717, 1.165) is 11.0 Å². The van der Waals surface area contributed by atoms with E-state index in [1.165, 1.54) is 0 Å². The predicted molar refractivity (Wildman–Crippen MR) is 79.4 cm³/mol. The highest BCUT2D eigenvalue weighted by Gasteiger charge is 2.36. The zero-order valence-electron chi connectivity index (χ0n) is 12.2. The monoisotopic (exact) mass is 308 g/mol. The van der Waals surface area contributed by atoms with Crippen molar-refractivity contribution in [1.82, 2.24) is 19.9 Å². The van der Waals surface area contributed by atoms with Gasteiger partial charge in [-0.2, -0.15) is 0 Å². The standard InChI is InChI=1S/C14H17ClN4O2/c1-14(2,3)21-13(20)18-7-9(8-18)19-12-10(15)5-4-6-11(12)16-17-19/h4-6,9H,7-8H2,1-3H3. The first-order chi connectivity index (χ1) is 9.85. The molecule has 2 heterocycles. The van der Waals surface area contributed by atoms with Gasteiger partial charge < -0.3 is 9.64 Å². The van der Waals surface area contributed by atoms with Gasteiger partial charge in [0, 0.05) is 13.1 Å². The number of amides is 1. The molecule has 2 aromatic rings. The number of carbonyl (C=O) groups is 1. The van der Waals surface area contributed by atoms with Crippen LogP contribution in [0.2, 0.25) is 5.02 Å². The molecule has 0 bridgehead atoms. The number of likely N-dealkylation sites (tertiary alicyclic amines) is 1. The first kappa shape index (κ1) is 14.1. The molecule has 7 heteroatoms. The molecule has 1 saturated heterocycles. The Labute approximate surface area is 127 Å². The number of hydrogen-bond donors (Lipinski definition) is 0. The summed E-state index contributed by atoms with van der Waals surface area (Å²) in [5, 5.41) is 8.87. The fraction of sp³-hybridized carbons (Fsp3) is 0.500. The number of halogens is 1. The van der Waals surface area contributed by atoms with Crippen LogP contribution in [-0.4, -0.2) is 44.7 Å². The molecule has 0 aliphatic carbocycles. The average molecular weight is 309 g/mol. The van der Waals surface area contributed by atoms with Crippen molar-refractivity contribution >= 4 is 28.7 Å². The van der Waals surface area contributed by atoms with Crippen molar-refractivity contribution in [2.75, 3.05) is 13.1 Å². The van der Waals surface area contributed by atoms with E-state index in [1.54, 1.807) is 9.58 Å². The molecular formula is C14H17ClN4O2. The Morgan fingerprint density at radius 3 is 2.76 bits per heavy atom. The van der Waals surface area contributed by atoms with Crippen LogP contribution in [-0.2, 0) is 4.74 Å². The second kappa shape index (κ2) is 4.87. The van der Waals surface area contributed by atoms with Gasteiger partial charge in [0.2, 0.25) is 0 Å². The molecule has 0 spiro atoms. The predicted octanol–water partition coefficient (Wildman–Crippen LogP) is 2.88. The summed E-state index contributed by atoms with van der Waals surface area (Å²) >= 11 is 6.21. The Morgan fingerprint density at radius 1 is 1.38 bits per heavy atom. The summed E-state index contributed by atoms with van der Waals surface area (Å²) in [5.74, 6) is 0.